The smallest absolute Gasteiger partial charge is 0.291 e. The molecule has 0 unspecified atom stereocenters. The Hall–Kier alpha value is -1.64. The average molecular weight is 280 g/mol. The van der Waals surface area contributed by atoms with Crippen LogP contribution in [0.3, 0.4) is 0 Å². The zero-order valence-corrected chi connectivity index (χ0v) is 9.65. The fourth-order valence-electron chi connectivity index (χ4n) is 0.858. The Bertz CT molecular complexity index is 384. The van der Waals surface area contributed by atoms with Gasteiger partial charge in [-0.25, -0.2) is 4.68 Å². The molecule has 1 heterocycles. The summed E-state index contributed by atoms with van der Waals surface area (Å²) in [6, 6.07) is 0. The summed E-state index contributed by atoms with van der Waals surface area (Å²) in [4.78, 5) is 8.36. The number of aryl methyl sites for hydroxylation is 1. The zero-order chi connectivity index (χ0) is 12.2. The van der Waals surface area contributed by atoms with Gasteiger partial charge in [0.1, 0.15) is 0 Å². The lowest BCUT2D eigenvalue weighted by atomic mass is 10.4. The van der Waals surface area contributed by atoms with E-state index in [9.17, 15) is 0 Å². The minimum atomic E-state index is -1.50. The first kappa shape index (κ1) is 13.4. The predicted molar refractivity (Wildman–Crippen MR) is 55.5 cm³/mol. The molecule has 0 radical (unpaired) electrons. The highest BCUT2D eigenvalue weighted by Crippen LogP contribution is 2.18. The lowest BCUT2D eigenvalue weighted by Gasteiger charge is -1.97. The van der Waals surface area contributed by atoms with E-state index in [2.05, 4.69) is 21.0 Å². The number of nitrogens with two attached hydrogens (primary N) is 1. The monoisotopic (exact) mass is 279 g/mol. The number of nitrogens with zero attached hydrogens (tertiary/aromatic N) is 3. The maximum absolute atomic E-state index is 8.36. The molecule has 8 nitrogen and oxygen atoms in total. The van der Waals surface area contributed by atoms with Gasteiger partial charge in [0.25, 0.3) is 5.09 Å². The van der Waals surface area contributed by atoms with Gasteiger partial charge in [-0.3, -0.25) is 5.41 Å². The molecular formula is C6H10BrN5O3. The van der Waals surface area contributed by atoms with Crippen molar-refractivity contribution in [1.82, 2.24) is 9.78 Å². The Labute approximate surface area is 93.4 Å². The van der Waals surface area contributed by atoms with E-state index >= 15 is 0 Å². The van der Waals surface area contributed by atoms with Crippen LogP contribution in [0.4, 0.5) is 0 Å². The van der Waals surface area contributed by atoms with Crippen LogP contribution in [0, 0.1) is 29.4 Å². The van der Waals surface area contributed by atoms with Crippen molar-refractivity contribution in [2.75, 3.05) is 0 Å². The molecule has 0 amide bonds. The van der Waals surface area contributed by atoms with Crippen LogP contribution >= 0.6 is 15.9 Å². The fraction of sp³-hybridized carbons (Fsp3) is 0.333. The van der Waals surface area contributed by atoms with Gasteiger partial charge >= 0.3 is 0 Å². The van der Waals surface area contributed by atoms with Crippen molar-refractivity contribution in [2.45, 2.75) is 13.8 Å². The molecule has 84 valence electrons. The van der Waals surface area contributed by atoms with E-state index in [1.165, 1.54) is 4.68 Å². The predicted octanol–water partition coefficient (Wildman–Crippen LogP) is 0.656. The molecule has 0 aliphatic heterocycles. The third kappa shape index (κ3) is 3.94. The summed E-state index contributed by atoms with van der Waals surface area (Å²) in [5, 5.41) is 24.8. The Morgan fingerprint density at radius 1 is 1.73 bits per heavy atom. The van der Waals surface area contributed by atoms with Crippen molar-refractivity contribution in [1.29, 1.82) is 5.41 Å². The van der Waals surface area contributed by atoms with E-state index in [-0.39, 0.29) is 5.96 Å². The van der Waals surface area contributed by atoms with E-state index in [4.69, 9.17) is 26.5 Å². The molecule has 0 bridgehead atoms. The molecule has 4 N–H and O–H groups in total. The molecule has 1 aromatic heterocycles. The number of rotatable bonds is 0. The zero-order valence-electron chi connectivity index (χ0n) is 8.06. The van der Waals surface area contributed by atoms with Crippen molar-refractivity contribution < 1.29 is 10.3 Å². The van der Waals surface area contributed by atoms with E-state index in [0.29, 0.717) is 0 Å². The molecule has 1 aromatic rings. The fourth-order valence-corrected chi connectivity index (χ4v) is 1.11. The number of hydrogen-bond acceptors (Lipinski definition) is 4. The third-order valence-corrected chi connectivity index (χ3v) is 2.58. The van der Waals surface area contributed by atoms with Crippen molar-refractivity contribution in [3.05, 3.63) is 26.0 Å². The van der Waals surface area contributed by atoms with E-state index in [0.717, 1.165) is 15.9 Å². The van der Waals surface area contributed by atoms with Crippen LogP contribution in [-0.4, -0.2) is 26.0 Å². The largest absolute Gasteiger partial charge is 0.368 e. The van der Waals surface area contributed by atoms with E-state index < -0.39 is 5.09 Å². The lowest BCUT2D eigenvalue weighted by molar-refractivity contribution is -0.742. The second-order valence-electron chi connectivity index (χ2n) is 2.52. The standard InChI is InChI=1S/C6H9BrN4.HNO3/c1-3-5(7)4(2)11(10-3)6(8)9;2-1(3)4/h1-2H3,(H3,8,9);(H,2,3,4). The van der Waals surface area contributed by atoms with Gasteiger partial charge < -0.3 is 10.9 Å². The normalized spacial score (nSPS) is 9.00. The highest BCUT2D eigenvalue weighted by atomic mass is 79.9. The molecule has 0 aliphatic rings. The first-order valence-corrected chi connectivity index (χ1v) is 4.46. The van der Waals surface area contributed by atoms with Crippen LogP contribution in [0.25, 0.3) is 0 Å². The molecule has 1 rings (SSSR count). The van der Waals surface area contributed by atoms with Gasteiger partial charge in [0.2, 0.25) is 5.96 Å². The Kier molecular flexibility index (Phi) is 4.71. The number of aromatic nitrogens is 2. The molecule has 0 saturated carbocycles. The molecule has 0 aliphatic carbocycles. The molecule has 0 fully saturated rings. The number of hydrogen-bond donors (Lipinski definition) is 3. The summed E-state index contributed by atoms with van der Waals surface area (Å²) >= 11 is 3.33. The first-order valence-electron chi connectivity index (χ1n) is 3.66. The Morgan fingerprint density at radius 3 is 2.27 bits per heavy atom. The maximum atomic E-state index is 8.36. The quantitative estimate of drug-likeness (QED) is 0.278. The maximum Gasteiger partial charge on any atom is 0.291 e. The minimum Gasteiger partial charge on any atom is -0.368 e. The van der Waals surface area contributed by atoms with Crippen molar-refractivity contribution in [2.24, 2.45) is 5.73 Å². The second kappa shape index (κ2) is 5.29. The summed E-state index contributed by atoms with van der Waals surface area (Å²) in [5.74, 6) is -0.0590. The van der Waals surface area contributed by atoms with Gasteiger partial charge in [-0.1, -0.05) is 0 Å². The van der Waals surface area contributed by atoms with Gasteiger partial charge in [0.05, 0.1) is 15.9 Å². The lowest BCUT2D eigenvalue weighted by Crippen LogP contribution is -2.22. The van der Waals surface area contributed by atoms with Crippen molar-refractivity contribution in [3.8, 4) is 0 Å². The van der Waals surface area contributed by atoms with E-state index in [1.807, 2.05) is 13.8 Å². The number of nitrogen functional groups attached to an aromatic ring is 1. The van der Waals surface area contributed by atoms with Crippen LogP contribution in [0.2, 0.25) is 0 Å². The summed E-state index contributed by atoms with van der Waals surface area (Å²) in [6.07, 6.45) is 0. The Balaban J connectivity index is 0.000000423. The second-order valence-corrected chi connectivity index (χ2v) is 3.31. The summed E-state index contributed by atoms with van der Waals surface area (Å²) in [6.45, 7) is 3.71. The number of halogens is 1. The van der Waals surface area contributed by atoms with Crippen LogP contribution in [-0.2, 0) is 0 Å². The van der Waals surface area contributed by atoms with Crippen LogP contribution < -0.4 is 5.73 Å². The molecular weight excluding hydrogens is 270 g/mol. The Morgan fingerprint density at radius 2 is 2.13 bits per heavy atom. The molecule has 0 atom stereocenters. The topological polar surface area (TPSA) is 131 Å². The first-order chi connectivity index (χ1) is 6.77. The van der Waals surface area contributed by atoms with Crippen LogP contribution in [0.15, 0.2) is 4.47 Å². The van der Waals surface area contributed by atoms with Gasteiger partial charge in [0, 0.05) is 0 Å². The van der Waals surface area contributed by atoms with E-state index in [1.54, 1.807) is 0 Å². The van der Waals surface area contributed by atoms with Crippen LogP contribution in [0.5, 0.6) is 0 Å². The average Bonchev–Trinajstić information content (AvgIpc) is 2.32. The molecule has 9 heteroatoms. The summed E-state index contributed by atoms with van der Waals surface area (Å²) in [5.41, 5.74) is 6.96. The van der Waals surface area contributed by atoms with Gasteiger partial charge in [-0.05, 0) is 29.8 Å². The number of nitrogens with one attached hydrogen (secondary N) is 1. The van der Waals surface area contributed by atoms with Crippen molar-refractivity contribution in [3.63, 3.8) is 0 Å². The third-order valence-electron chi connectivity index (χ3n) is 1.43. The van der Waals surface area contributed by atoms with Crippen LogP contribution in [0.1, 0.15) is 11.4 Å². The molecule has 0 saturated heterocycles. The molecule has 15 heavy (non-hydrogen) atoms. The van der Waals surface area contributed by atoms with Gasteiger partial charge in [-0.15, -0.1) is 10.1 Å². The van der Waals surface area contributed by atoms with Crippen molar-refractivity contribution >= 4 is 21.9 Å². The summed E-state index contributed by atoms with van der Waals surface area (Å²) < 4.78 is 2.30. The highest BCUT2D eigenvalue weighted by Gasteiger charge is 2.09. The molecule has 0 aromatic carbocycles. The van der Waals surface area contributed by atoms with Gasteiger partial charge in [0.15, 0.2) is 0 Å². The summed E-state index contributed by atoms with van der Waals surface area (Å²) in [7, 11) is 0. The SMILES string of the molecule is Cc1nn(C(=N)N)c(C)c1Br.O=[N+]([O-])O. The highest BCUT2D eigenvalue weighted by molar-refractivity contribution is 9.10. The minimum absolute atomic E-state index is 0.0590. The molecule has 0 spiro atoms. The van der Waals surface area contributed by atoms with Gasteiger partial charge in [-0.2, -0.15) is 5.10 Å².